The normalized spacial score (nSPS) is 31.9. The Morgan fingerprint density at radius 2 is 1.79 bits per heavy atom. The Kier molecular flexibility index (Phi) is 5.68. The summed E-state index contributed by atoms with van der Waals surface area (Å²) in [6.07, 6.45) is 0. The highest BCUT2D eigenvalue weighted by molar-refractivity contribution is 4.93. The SMILES string of the molecule is CC.CNC1C(C)CN(C)CC1(C)C. The number of nitrogens with one attached hydrogen (secondary N) is 1. The molecule has 2 atom stereocenters. The number of likely N-dealkylation sites (tertiary alicyclic amines) is 1. The molecule has 2 nitrogen and oxygen atoms in total. The van der Waals surface area contributed by atoms with Crippen LogP contribution in [0.15, 0.2) is 0 Å². The van der Waals surface area contributed by atoms with E-state index in [1.54, 1.807) is 0 Å². The maximum absolute atomic E-state index is 3.44. The van der Waals surface area contributed by atoms with Crippen LogP contribution in [0.25, 0.3) is 0 Å². The van der Waals surface area contributed by atoms with Gasteiger partial charge in [0.05, 0.1) is 0 Å². The van der Waals surface area contributed by atoms with Gasteiger partial charge < -0.3 is 10.2 Å². The van der Waals surface area contributed by atoms with Gasteiger partial charge in [-0.25, -0.2) is 0 Å². The summed E-state index contributed by atoms with van der Waals surface area (Å²) < 4.78 is 0. The molecule has 1 N–H and O–H groups in total. The Morgan fingerprint density at radius 3 is 2.14 bits per heavy atom. The molecule has 1 rings (SSSR count). The molecule has 0 spiro atoms. The molecule has 0 aromatic rings. The maximum Gasteiger partial charge on any atom is 0.0165 e. The standard InChI is InChI=1S/C10H22N2.C2H6/c1-8-6-12(5)7-10(2,3)9(8)11-4;1-2/h8-9,11H,6-7H2,1-5H3;1-2H3. The number of hydrogen-bond acceptors (Lipinski definition) is 2. The van der Waals surface area contributed by atoms with Crippen LogP contribution in [0.1, 0.15) is 34.6 Å². The molecule has 0 saturated carbocycles. The Balaban J connectivity index is 0.000000791. The van der Waals surface area contributed by atoms with Crippen molar-refractivity contribution in [3.63, 3.8) is 0 Å². The van der Waals surface area contributed by atoms with Gasteiger partial charge in [0.15, 0.2) is 0 Å². The molecule has 2 unspecified atom stereocenters. The molecular weight excluding hydrogens is 172 g/mol. The highest BCUT2D eigenvalue weighted by atomic mass is 15.1. The van der Waals surface area contributed by atoms with Gasteiger partial charge in [-0.05, 0) is 25.4 Å². The summed E-state index contributed by atoms with van der Waals surface area (Å²) in [6.45, 7) is 13.4. The van der Waals surface area contributed by atoms with E-state index in [1.165, 1.54) is 13.1 Å². The predicted octanol–water partition coefficient (Wildman–Crippen LogP) is 2.21. The number of piperidine rings is 1. The second-order valence-corrected chi connectivity index (χ2v) is 4.93. The van der Waals surface area contributed by atoms with E-state index in [0.29, 0.717) is 11.5 Å². The largest absolute Gasteiger partial charge is 0.316 e. The highest BCUT2D eigenvalue weighted by Crippen LogP contribution is 2.31. The molecule has 0 aromatic carbocycles. The van der Waals surface area contributed by atoms with Gasteiger partial charge >= 0.3 is 0 Å². The molecule has 0 radical (unpaired) electrons. The van der Waals surface area contributed by atoms with Gasteiger partial charge in [0.2, 0.25) is 0 Å². The summed E-state index contributed by atoms with van der Waals surface area (Å²) >= 11 is 0. The fraction of sp³-hybridized carbons (Fsp3) is 1.00. The molecule has 0 bridgehead atoms. The lowest BCUT2D eigenvalue weighted by Crippen LogP contribution is -2.56. The minimum absolute atomic E-state index is 0.404. The van der Waals surface area contributed by atoms with Gasteiger partial charge in [-0.3, -0.25) is 0 Å². The van der Waals surface area contributed by atoms with E-state index in [1.807, 2.05) is 13.8 Å². The number of hydrogen-bond donors (Lipinski definition) is 1. The molecule has 2 heteroatoms. The first-order valence-electron chi connectivity index (χ1n) is 5.83. The van der Waals surface area contributed by atoms with E-state index in [-0.39, 0.29) is 0 Å². The van der Waals surface area contributed by atoms with E-state index in [9.17, 15) is 0 Å². The average Bonchev–Trinajstić information content (AvgIpc) is 2.05. The first-order chi connectivity index (χ1) is 6.47. The van der Waals surface area contributed by atoms with E-state index in [2.05, 4.69) is 45.1 Å². The number of rotatable bonds is 1. The van der Waals surface area contributed by atoms with E-state index < -0.39 is 0 Å². The first kappa shape index (κ1) is 13.9. The van der Waals surface area contributed by atoms with E-state index >= 15 is 0 Å². The van der Waals surface area contributed by atoms with Crippen molar-refractivity contribution in [1.82, 2.24) is 10.2 Å². The quantitative estimate of drug-likeness (QED) is 0.698. The van der Waals surface area contributed by atoms with Crippen LogP contribution in [-0.4, -0.2) is 38.1 Å². The van der Waals surface area contributed by atoms with E-state index in [4.69, 9.17) is 0 Å². The zero-order chi connectivity index (χ0) is 11.4. The van der Waals surface area contributed by atoms with Crippen LogP contribution < -0.4 is 5.32 Å². The zero-order valence-corrected chi connectivity index (χ0v) is 11.0. The average molecular weight is 200 g/mol. The van der Waals surface area contributed by atoms with Crippen molar-refractivity contribution in [2.45, 2.75) is 40.7 Å². The lowest BCUT2D eigenvalue weighted by Gasteiger charge is -2.46. The lowest BCUT2D eigenvalue weighted by atomic mass is 9.74. The van der Waals surface area contributed by atoms with Crippen molar-refractivity contribution >= 4 is 0 Å². The smallest absolute Gasteiger partial charge is 0.0165 e. The molecule has 1 aliphatic heterocycles. The first-order valence-corrected chi connectivity index (χ1v) is 5.83. The summed E-state index contributed by atoms with van der Waals surface area (Å²) in [7, 11) is 4.29. The van der Waals surface area contributed by atoms with Crippen molar-refractivity contribution in [2.24, 2.45) is 11.3 Å². The molecule has 0 aliphatic carbocycles. The molecule has 1 saturated heterocycles. The van der Waals surface area contributed by atoms with Gasteiger partial charge in [0, 0.05) is 19.1 Å². The molecule has 86 valence electrons. The third-order valence-electron chi connectivity index (χ3n) is 3.00. The van der Waals surface area contributed by atoms with Crippen LogP contribution in [0, 0.1) is 11.3 Å². The maximum atomic E-state index is 3.44. The minimum Gasteiger partial charge on any atom is -0.316 e. The van der Waals surface area contributed by atoms with Crippen LogP contribution >= 0.6 is 0 Å². The third kappa shape index (κ3) is 3.25. The van der Waals surface area contributed by atoms with Gasteiger partial charge in [-0.15, -0.1) is 0 Å². The highest BCUT2D eigenvalue weighted by Gasteiger charge is 2.37. The Hall–Kier alpha value is -0.0800. The monoisotopic (exact) mass is 200 g/mol. The van der Waals surface area contributed by atoms with Crippen LogP contribution in [0.2, 0.25) is 0 Å². The molecule has 1 heterocycles. The van der Waals surface area contributed by atoms with Crippen LogP contribution in [0.4, 0.5) is 0 Å². The summed E-state index contributed by atoms with van der Waals surface area (Å²) in [5.41, 5.74) is 0.404. The third-order valence-corrected chi connectivity index (χ3v) is 3.00. The van der Waals surface area contributed by atoms with Crippen molar-refractivity contribution in [1.29, 1.82) is 0 Å². The minimum atomic E-state index is 0.404. The van der Waals surface area contributed by atoms with Crippen molar-refractivity contribution in [3.05, 3.63) is 0 Å². The van der Waals surface area contributed by atoms with Gasteiger partial charge in [0.25, 0.3) is 0 Å². The molecule has 1 aliphatic rings. The van der Waals surface area contributed by atoms with Crippen LogP contribution in [0.3, 0.4) is 0 Å². The molecule has 0 aromatic heterocycles. The van der Waals surface area contributed by atoms with Crippen molar-refractivity contribution in [3.8, 4) is 0 Å². The summed E-state index contributed by atoms with van der Waals surface area (Å²) in [4.78, 5) is 2.43. The Morgan fingerprint density at radius 1 is 1.29 bits per heavy atom. The van der Waals surface area contributed by atoms with Gasteiger partial charge in [-0.2, -0.15) is 0 Å². The van der Waals surface area contributed by atoms with Crippen molar-refractivity contribution in [2.75, 3.05) is 27.2 Å². The lowest BCUT2D eigenvalue weighted by molar-refractivity contribution is 0.0581. The number of nitrogens with zero attached hydrogens (tertiary/aromatic N) is 1. The molecule has 0 amide bonds. The zero-order valence-electron chi connectivity index (χ0n) is 11.0. The molecule has 14 heavy (non-hydrogen) atoms. The second-order valence-electron chi connectivity index (χ2n) is 4.93. The summed E-state index contributed by atoms with van der Waals surface area (Å²) in [6, 6.07) is 0.661. The Labute approximate surface area is 90.1 Å². The van der Waals surface area contributed by atoms with Crippen molar-refractivity contribution < 1.29 is 0 Å². The van der Waals surface area contributed by atoms with Crippen LogP contribution in [0.5, 0.6) is 0 Å². The fourth-order valence-electron chi connectivity index (χ4n) is 2.90. The second kappa shape index (κ2) is 5.72. The summed E-state index contributed by atoms with van der Waals surface area (Å²) in [5.74, 6) is 0.753. The van der Waals surface area contributed by atoms with Gasteiger partial charge in [-0.1, -0.05) is 34.6 Å². The molecule has 1 fully saturated rings. The molecular formula is C12H28N2. The summed E-state index contributed by atoms with van der Waals surface area (Å²) in [5, 5.41) is 3.44. The van der Waals surface area contributed by atoms with E-state index in [0.717, 1.165) is 5.92 Å². The fourth-order valence-corrected chi connectivity index (χ4v) is 2.90. The predicted molar refractivity (Wildman–Crippen MR) is 64.6 cm³/mol. The Bertz CT molecular complexity index is 154. The van der Waals surface area contributed by atoms with Crippen LogP contribution in [-0.2, 0) is 0 Å². The topological polar surface area (TPSA) is 15.3 Å². The van der Waals surface area contributed by atoms with Gasteiger partial charge in [0.1, 0.15) is 0 Å².